The van der Waals surface area contributed by atoms with E-state index in [4.69, 9.17) is 4.74 Å². The van der Waals surface area contributed by atoms with E-state index >= 15 is 0 Å². The molecule has 1 aliphatic rings. The van der Waals surface area contributed by atoms with Crippen molar-refractivity contribution in [2.75, 3.05) is 31.6 Å². The molecule has 5 heteroatoms. The highest BCUT2D eigenvalue weighted by Gasteiger charge is 2.22. The number of hydrogen-bond donors (Lipinski definition) is 1. The fourth-order valence-corrected chi connectivity index (χ4v) is 3.21. The van der Waals surface area contributed by atoms with E-state index in [0.717, 1.165) is 37.5 Å². The largest absolute Gasteiger partial charge is 0.493 e. The fraction of sp³-hybridized carbons (Fsp3) is 0.400. The molecule has 132 valence electrons. The van der Waals surface area contributed by atoms with E-state index in [-0.39, 0.29) is 5.91 Å². The van der Waals surface area contributed by atoms with Crippen molar-refractivity contribution in [3.05, 3.63) is 53.7 Å². The highest BCUT2D eigenvalue weighted by atomic mass is 16.5. The van der Waals surface area contributed by atoms with Crippen LogP contribution in [0.2, 0.25) is 0 Å². The highest BCUT2D eigenvalue weighted by Crippen LogP contribution is 2.23. The molecule has 0 saturated carbocycles. The molecule has 3 rings (SSSR count). The third-order valence-corrected chi connectivity index (χ3v) is 4.55. The first-order chi connectivity index (χ1) is 12.2. The Morgan fingerprint density at radius 2 is 2.24 bits per heavy atom. The molecule has 1 amide bonds. The molecule has 25 heavy (non-hydrogen) atoms. The third-order valence-electron chi connectivity index (χ3n) is 4.55. The summed E-state index contributed by atoms with van der Waals surface area (Å²) in [5, 5.41) is 2.66. The summed E-state index contributed by atoms with van der Waals surface area (Å²) in [7, 11) is 1.64. The SMILES string of the molecule is CNC(=O)c1ccnc(N2CCC[C@@H](COc3cccc(C)c3)C2)c1. The van der Waals surface area contributed by atoms with Gasteiger partial charge in [0.05, 0.1) is 6.61 Å². The standard InChI is InChI=1S/C20H25N3O2/c1-15-5-3-7-18(11-15)25-14-16-6-4-10-23(13-16)19-12-17(8-9-22-19)20(24)21-2/h3,5,7-9,11-12,16H,4,6,10,13-14H2,1-2H3,(H,21,24)/t16-/m1/s1. The van der Waals surface area contributed by atoms with Crippen LogP contribution < -0.4 is 15.0 Å². The predicted molar refractivity (Wildman–Crippen MR) is 99.2 cm³/mol. The number of hydrogen-bond acceptors (Lipinski definition) is 4. The first-order valence-electron chi connectivity index (χ1n) is 8.78. The van der Waals surface area contributed by atoms with Gasteiger partial charge in [-0.3, -0.25) is 4.79 Å². The second-order valence-electron chi connectivity index (χ2n) is 6.56. The number of carbonyl (C=O) groups excluding carboxylic acids is 1. The number of pyridine rings is 1. The Balaban J connectivity index is 1.62. The lowest BCUT2D eigenvalue weighted by atomic mass is 9.99. The number of nitrogens with zero attached hydrogens (tertiary/aromatic N) is 2. The second-order valence-corrected chi connectivity index (χ2v) is 6.56. The first kappa shape index (κ1) is 17.3. The number of benzene rings is 1. The van der Waals surface area contributed by atoms with Crippen molar-refractivity contribution >= 4 is 11.7 Å². The van der Waals surface area contributed by atoms with Gasteiger partial charge in [0.2, 0.25) is 0 Å². The summed E-state index contributed by atoms with van der Waals surface area (Å²) >= 11 is 0. The van der Waals surface area contributed by atoms with Crippen molar-refractivity contribution in [1.82, 2.24) is 10.3 Å². The molecule has 1 N–H and O–H groups in total. The van der Waals surface area contributed by atoms with E-state index < -0.39 is 0 Å². The minimum Gasteiger partial charge on any atom is -0.493 e. The second kappa shape index (κ2) is 8.01. The first-order valence-corrected chi connectivity index (χ1v) is 8.78. The summed E-state index contributed by atoms with van der Waals surface area (Å²) in [6.07, 6.45) is 3.96. The molecule has 0 aliphatic carbocycles. The molecule has 0 bridgehead atoms. The molecule has 1 atom stereocenters. The van der Waals surface area contributed by atoms with Crippen LogP contribution in [0.1, 0.15) is 28.8 Å². The van der Waals surface area contributed by atoms with Gasteiger partial charge in [-0.15, -0.1) is 0 Å². The summed E-state index contributed by atoms with van der Waals surface area (Å²) in [5.74, 6) is 2.16. The number of carbonyl (C=O) groups is 1. The monoisotopic (exact) mass is 339 g/mol. The van der Waals surface area contributed by atoms with E-state index in [0.29, 0.717) is 18.1 Å². The van der Waals surface area contributed by atoms with Gasteiger partial charge in [-0.2, -0.15) is 0 Å². The number of amides is 1. The number of aromatic nitrogens is 1. The van der Waals surface area contributed by atoms with Gasteiger partial charge in [0.25, 0.3) is 5.91 Å². The van der Waals surface area contributed by atoms with E-state index in [1.807, 2.05) is 18.2 Å². The molecule has 1 saturated heterocycles. The summed E-state index contributed by atoms with van der Waals surface area (Å²) in [4.78, 5) is 18.5. The Morgan fingerprint density at radius 3 is 3.04 bits per heavy atom. The summed E-state index contributed by atoms with van der Waals surface area (Å²) < 4.78 is 5.98. The topological polar surface area (TPSA) is 54.5 Å². The third kappa shape index (κ3) is 4.50. The van der Waals surface area contributed by atoms with Crippen LogP contribution >= 0.6 is 0 Å². The zero-order chi connectivity index (χ0) is 17.6. The lowest BCUT2D eigenvalue weighted by Crippen LogP contribution is -2.38. The van der Waals surface area contributed by atoms with Gasteiger partial charge in [-0.05, 0) is 49.6 Å². The molecule has 0 spiro atoms. The van der Waals surface area contributed by atoms with Crippen LogP contribution in [0.5, 0.6) is 5.75 Å². The molecule has 1 aromatic heterocycles. The molecule has 2 aromatic rings. The molecule has 0 radical (unpaired) electrons. The summed E-state index contributed by atoms with van der Waals surface area (Å²) in [6, 6.07) is 11.8. The average Bonchev–Trinajstić information content (AvgIpc) is 2.66. The molecular weight excluding hydrogens is 314 g/mol. The number of ether oxygens (including phenoxy) is 1. The number of nitrogens with one attached hydrogen (secondary N) is 1. The van der Waals surface area contributed by atoms with Crippen LogP contribution in [-0.2, 0) is 0 Å². The molecule has 5 nitrogen and oxygen atoms in total. The van der Waals surface area contributed by atoms with Crippen molar-refractivity contribution in [3.63, 3.8) is 0 Å². The molecule has 0 unspecified atom stereocenters. The molecule has 1 aromatic carbocycles. The van der Waals surface area contributed by atoms with E-state index in [1.54, 1.807) is 19.3 Å². The van der Waals surface area contributed by atoms with Crippen molar-refractivity contribution in [1.29, 1.82) is 0 Å². The van der Waals surface area contributed by atoms with Crippen LogP contribution in [0.15, 0.2) is 42.6 Å². The smallest absolute Gasteiger partial charge is 0.251 e. The Hall–Kier alpha value is -2.56. The molecule has 1 aliphatic heterocycles. The minimum atomic E-state index is -0.0833. The zero-order valence-electron chi connectivity index (χ0n) is 14.9. The quantitative estimate of drug-likeness (QED) is 0.910. The maximum atomic E-state index is 11.8. The zero-order valence-corrected chi connectivity index (χ0v) is 14.9. The molecular formula is C20H25N3O2. The van der Waals surface area contributed by atoms with E-state index in [1.165, 1.54) is 5.56 Å². The Labute approximate surface area is 149 Å². The summed E-state index contributed by atoms with van der Waals surface area (Å²) in [6.45, 7) is 4.64. The Morgan fingerprint density at radius 1 is 1.36 bits per heavy atom. The van der Waals surface area contributed by atoms with E-state index in [2.05, 4.69) is 34.3 Å². The number of rotatable bonds is 5. The maximum absolute atomic E-state index is 11.8. The van der Waals surface area contributed by atoms with Gasteiger partial charge in [-0.1, -0.05) is 12.1 Å². The van der Waals surface area contributed by atoms with Crippen LogP contribution in [-0.4, -0.2) is 37.6 Å². The molecule has 2 heterocycles. The van der Waals surface area contributed by atoms with Gasteiger partial charge < -0.3 is 15.0 Å². The average molecular weight is 339 g/mol. The fourth-order valence-electron chi connectivity index (χ4n) is 3.21. The van der Waals surface area contributed by atoms with Crippen LogP contribution in [0.25, 0.3) is 0 Å². The lowest BCUT2D eigenvalue weighted by molar-refractivity contribution is 0.0963. The number of aryl methyl sites for hydroxylation is 1. The highest BCUT2D eigenvalue weighted by molar-refractivity contribution is 5.94. The van der Waals surface area contributed by atoms with Gasteiger partial charge in [0, 0.05) is 37.8 Å². The summed E-state index contributed by atoms with van der Waals surface area (Å²) in [5.41, 5.74) is 1.85. The lowest BCUT2D eigenvalue weighted by Gasteiger charge is -2.33. The van der Waals surface area contributed by atoms with Gasteiger partial charge >= 0.3 is 0 Å². The predicted octanol–water partition coefficient (Wildman–Crippen LogP) is 3.05. The number of piperidine rings is 1. The van der Waals surface area contributed by atoms with Crippen LogP contribution in [0.3, 0.4) is 0 Å². The Bertz CT molecular complexity index is 732. The van der Waals surface area contributed by atoms with Crippen LogP contribution in [0.4, 0.5) is 5.82 Å². The number of anilines is 1. The van der Waals surface area contributed by atoms with Crippen molar-refractivity contribution in [2.45, 2.75) is 19.8 Å². The van der Waals surface area contributed by atoms with Crippen molar-refractivity contribution in [3.8, 4) is 5.75 Å². The van der Waals surface area contributed by atoms with Gasteiger partial charge in [0.15, 0.2) is 0 Å². The van der Waals surface area contributed by atoms with Gasteiger partial charge in [-0.25, -0.2) is 4.98 Å². The van der Waals surface area contributed by atoms with Gasteiger partial charge in [0.1, 0.15) is 11.6 Å². The normalized spacial score (nSPS) is 17.2. The van der Waals surface area contributed by atoms with Crippen molar-refractivity contribution in [2.24, 2.45) is 5.92 Å². The Kier molecular flexibility index (Phi) is 5.53. The molecule has 1 fully saturated rings. The van der Waals surface area contributed by atoms with E-state index in [9.17, 15) is 4.79 Å². The minimum absolute atomic E-state index is 0.0833. The van der Waals surface area contributed by atoms with Crippen LogP contribution in [0, 0.1) is 12.8 Å². The van der Waals surface area contributed by atoms with Crippen molar-refractivity contribution < 1.29 is 9.53 Å². The maximum Gasteiger partial charge on any atom is 0.251 e.